The van der Waals surface area contributed by atoms with Gasteiger partial charge in [0.05, 0.1) is 44.3 Å². The van der Waals surface area contributed by atoms with Gasteiger partial charge < -0.3 is 18.8 Å². The van der Waals surface area contributed by atoms with Crippen molar-refractivity contribution < 1.29 is 23.8 Å². The first-order valence-corrected chi connectivity index (χ1v) is 13.8. The largest absolute Gasteiger partial charge is 0.491 e. The van der Waals surface area contributed by atoms with Crippen LogP contribution in [0, 0.1) is 5.41 Å². The standard InChI is InChI=1S/C30H39N3O6/c1-6-38-26(35)15-10-8-7-9-11-16-39-24-14-12-13-20-27(24)31-33-19-25(30(2,3)4)32-18-21(29(36)37-5)23(34)17-22(32)28(20)33/h12-14,17-18,25H,6-11,15-16,19H2,1-5H3/t25-/m0/s1. The first-order chi connectivity index (χ1) is 18.7. The second-order valence-electron chi connectivity index (χ2n) is 11.1. The zero-order chi connectivity index (χ0) is 28.2. The summed E-state index contributed by atoms with van der Waals surface area (Å²) < 4.78 is 20.0. The number of methoxy groups -OCH3 is 1. The molecule has 39 heavy (non-hydrogen) atoms. The van der Waals surface area contributed by atoms with E-state index in [4.69, 9.17) is 19.3 Å². The maximum absolute atomic E-state index is 12.9. The van der Waals surface area contributed by atoms with Crippen LogP contribution in [0.1, 0.15) is 82.6 Å². The molecule has 0 bridgehead atoms. The summed E-state index contributed by atoms with van der Waals surface area (Å²) in [5.74, 6) is -0.0485. The minimum absolute atomic E-state index is 0.0256. The van der Waals surface area contributed by atoms with Gasteiger partial charge in [0.15, 0.2) is 5.43 Å². The molecule has 0 saturated carbocycles. The molecule has 0 aliphatic carbocycles. The number of ether oxygens (including phenoxy) is 3. The van der Waals surface area contributed by atoms with Gasteiger partial charge >= 0.3 is 11.9 Å². The van der Waals surface area contributed by atoms with E-state index in [0.29, 0.717) is 31.9 Å². The highest BCUT2D eigenvalue weighted by Crippen LogP contribution is 2.43. The zero-order valence-corrected chi connectivity index (χ0v) is 23.6. The molecule has 4 rings (SSSR count). The van der Waals surface area contributed by atoms with E-state index in [9.17, 15) is 14.4 Å². The van der Waals surface area contributed by atoms with Crippen molar-refractivity contribution in [2.45, 2.75) is 78.8 Å². The van der Waals surface area contributed by atoms with Crippen molar-refractivity contribution in [3.8, 4) is 17.1 Å². The van der Waals surface area contributed by atoms with Gasteiger partial charge in [0, 0.05) is 24.1 Å². The Morgan fingerprint density at radius 3 is 2.56 bits per heavy atom. The van der Waals surface area contributed by atoms with Crippen LogP contribution in [0.15, 0.2) is 35.3 Å². The molecule has 1 aromatic carbocycles. The van der Waals surface area contributed by atoms with Crippen molar-refractivity contribution in [2.24, 2.45) is 5.41 Å². The third-order valence-corrected chi connectivity index (χ3v) is 7.23. The highest BCUT2D eigenvalue weighted by atomic mass is 16.5. The SMILES string of the molecule is CCOC(=O)CCCCCCCOc1cccc2c3n(nc12)C[C@@H](C(C)(C)C)n1cc(C(=O)OC)c(=O)cc1-3. The normalized spacial score (nSPS) is 14.5. The van der Waals surface area contributed by atoms with Crippen LogP contribution in [-0.4, -0.2) is 46.6 Å². The molecule has 3 heterocycles. The first kappa shape index (κ1) is 28.4. The van der Waals surface area contributed by atoms with Crippen LogP contribution in [0.25, 0.3) is 22.3 Å². The molecule has 0 unspecified atom stereocenters. The molecule has 1 aliphatic rings. The zero-order valence-electron chi connectivity index (χ0n) is 23.6. The molecule has 0 radical (unpaired) electrons. The second-order valence-corrected chi connectivity index (χ2v) is 11.1. The van der Waals surface area contributed by atoms with Gasteiger partial charge in [-0.1, -0.05) is 52.2 Å². The Labute approximate surface area is 229 Å². The van der Waals surface area contributed by atoms with Crippen molar-refractivity contribution in [3.63, 3.8) is 0 Å². The first-order valence-electron chi connectivity index (χ1n) is 13.8. The van der Waals surface area contributed by atoms with Crippen LogP contribution < -0.4 is 10.2 Å². The lowest BCUT2D eigenvalue weighted by Gasteiger charge is -2.38. The van der Waals surface area contributed by atoms with Crippen LogP contribution in [-0.2, 0) is 20.8 Å². The summed E-state index contributed by atoms with van der Waals surface area (Å²) in [6.07, 6.45) is 6.92. The minimum atomic E-state index is -0.637. The molecule has 0 saturated heterocycles. The number of hydrogen-bond acceptors (Lipinski definition) is 7. The number of benzene rings is 1. The predicted octanol–water partition coefficient (Wildman–Crippen LogP) is 5.53. The van der Waals surface area contributed by atoms with E-state index in [2.05, 4.69) is 20.8 Å². The van der Waals surface area contributed by atoms with Crippen molar-refractivity contribution in [3.05, 3.63) is 46.2 Å². The molecule has 0 amide bonds. The molecular formula is C30H39N3O6. The van der Waals surface area contributed by atoms with Crippen molar-refractivity contribution in [1.29, 1.82) is 0 Å². The van der Waals surface area contributed by atoms with Gasteiger partial charge in [-0.15, -0.1) is 0 Å². The van der Waals surface area contributed by atoms with Gasteiger partial charge in [0.1, 0.15) is 16.8 Å². The molecule has 0 fully saturated rings. The fraction of sp³-hybridized carbons (Fsp3) is 0.533. The van der Waals surface area contributed by atoms with E-state index in [1.54, 1.807) is 6.20 Å². The third-order valence-electron chi connectivity index (χ3n) is 7.23. The van der Waals surface area contributed by atoms with Crippen LogP contribution >= 0.6 is 0 Å². The monoisotopic (exact) mass is 537 g/mol. The van der Waals surface area contributed by atoms with E-state index < -0.39 is 5.97 Å². The predicted molar refractivity (Wildman–Crippen MR) is 149 cm³/mol. The van der Waals surface area contributed by atoms with E-state index in [-0.39, 0.29) is 28.4 Å². The quantitative estimate of drug-likeness (QED) is 0.234. The Bertz CT molecular complexity index is 1400. The lowest BCUT2D eigenvalue weighted by molar-refractivity contribution is -0.143. The molecule has 210 valence electrons. The fourth-order valence-corrected chi connectivity index (χ4v) is 5.17. The minimum Gasteiger partial charge on any atom is -0.491 e. The van der Waals surface area contributed by atoms with Gasteiger partial charge in [0.25, 0.3) is 0 Å². The number of pyridine rings is 1. The van der Waals surface area contributed by atoms with Crippen LogP contribution in [0.3, 0.4) is 0 Å². The van der Waals surface area contributed by atoms with Gasteiger partial charge in [-0.2, -0.15) is 5.10 Å². The topological polar surface area (TPSA) is 102 Å². The van der Waals surface area contributed by atoms with Crippen molar-refractivity contribution in [1.82, 2.24) is 14.3 Å². The Morgan fingerprint density at radius 1 is 1.10 bits per heavy atom. The maximum atomic E-state index is 12.9. The summed E-state index contributed by atoms with van der Waals surface area (Å²) >= 11 is 0. The van der Waals surface area contributed by atoms with Gasteiger partial charge in [-0.05, 0) is 31.2 Å². The smallest absolute Gasteiger partial charge is 0.343 e. The molecule has 1 atom stereocenters. The summed E-state index contributed by atoms with van der Waals surface area (Å²) in [7, 11) is 1.28. The fourth-order valence-electron chi connectivity index (χ4n) is 5.17. The van der Waals surface area contributed by atoms with E-state index in [1.807, 2.05) is 34.4 Å². The number of rotatable bonds is 11. The highest BCUT2D eigenvalue weighted by molar-refractivity contribution is 5.97. The van der Waals surface area contributed by atoms with Gasteiger partial charge in [-0.25, -0.2) is 4.79 Å². The average molecular weight is 538 g/mol. The van der Waals surface area contributed by atoms with Gasteiger partial charge in [0.2, 0.25) is 0 Å². The number of carbonyl (C=O) groups excluding carboxylic acids is 2. The summed E-state index contributed by atoms with van der Waals surface area (Å²) in [6.45, 7) is 9.83. The number of nitrogens with zero attached hydrogens (tertiary/aromatic N) is 3. The number of fused-ring (bicyclic) bond motifs is 5. The molecule has 1 aliphatic heterocycles. The van der Waals surface area contributed by atoms with Crippen molar-refractivity contribution >= 4 is 22.8 Å². The number of esters is 2. The van der Waals surface area contributed by atoms with Crippen LogP contribution in [0.5, 0.6) is 5.75 Å². The van der Waals surface area contributed by atoms with E-state index in [0.717, 1.165) is 54.4 Å². The Morgan fingerprint density at radius 2 is 1.85 bits per heavy atom. The Kier molecular flexibility index (Phi) is 8.77. The van der Waals surface area contributed by atoms with E-state index >= 15 is 0 Å². The molecule has 0 N–H and O–H groups in total. The highest BCUT2D eigenvalue weighted by Gasteiger charge is 2.35. The molecule has 9 heteroatoms. The van der Waals surface area contributed by atoms with Crippen molar-refractivity contribution in [2.75, 3.05) is 20.3 Å². The Hall–Kier alpha value is -3.62. The molecule has 3 aromatic rings. The second kappa shape index (κ2) is 12.1. The van der Waals surface area contributed by atoms with Gasteiger partial charge in [-0.3, -0.25) is 14.3 Å². The Balaban J connectivity index is 1.53. The lowest BCUT2D eigenvalue weighted by Crippen LogP contribution is -2.35. The summed E-state index contributed by atoms with van der Waals surface area (Å²) in [5, 5.41) is 5.83. The molecular weight excluding hydrogens is 498 g/mol. The molecule has 0 spiro atoms. The summed E-state index contributed by atoms with van der Waals surface area (Å²) in [4.78, 5) is 36.6. The number of hydrogen-bond donors (Lipinski definition) is 0. The van der Waals surface area contributed by atoms with Crippen LogP contribution in [0.4, 0.5) is 0 Å². The number of carbonyl (C=O) groups is 2. The average Bonchev–Trinajstić information content (AvgIpc) is 3.28. The number of unbranched alkanes of at least 4 members (excludes halogenated alkanes) is 4. The summed E-state index contributed by atoms with van der Waals surface area (Å²) in [5.41, 5.74) is 1.80. The summed E-state index contributed by atoms with van der Waals surface area (Å²) in [6, 6.07) is 7.34. The third kappa shape index (κ3) is 6.18. The molecule has 9 nitrogen and oxygen atoms in total. The maximum Gasteiger partial charge on any atom is 0.343 e. The lowest BCUT2D eigenvalue weighted by atomic mass is 9.85. The van der Waals surface area contributed by atoms with Crippen LogP contribution in [0.2, 0.25) is 0 Å². The number of aromatic nitrogens is 3. The molecule has 2 aromatic heterocycles. The van der Waals surface area contributed by atoms with E-state index in [1.165, 1.54) is 13.2 Å².